The second-order valence-electron chi connectivity index (χ2n) is 0.224. The topological polar surface area (TPSA) is 53.7 Å². The van der Waals surface area contributed by atoms with Crippen LogP contribution < -0.4 is 0 Å². The predicted octanol–water partition coefficient (Wildman–Crippen LogP) is 0.527. The molecule has 0 aliphatic heterocycles. The van der Waals surface area contributed by atoms with E-state index < -0.39 is 0 Å². The molecule has 0 heterocycles. The van der Waals surface area contributed by atoms with Crippen molar-refractivity contribution in [2.45, 2.75) is 0 Å². The van der Waals surface area contributed by atoms with Gasteiger partial charge >= 0.3 is 21.1 Å². The van der Waals surface area contributed by atoms with Gasteiger partial charge in [0.1, 0.15) is 0 Å². The van der Waals surface area contributed by atoms with E-state index in [0.29, 0.717) is 0 Å². The standard InChI is InChI=1S/C2H5O.H2N.Pt/c1-2-3;;/h3H,1-2H2;1H2;/q2*-1;+2. The Morgan fingerprint density at radius 3 is 1.60 bits per heavy atom. The minimum Gasteiger partial charge on any atom is -0.693 e. The third-order valence-corrected chi connectivity index (χ3v) is 0. The van der Waals surface area contributed by atoms with E-state index in [0.717, 1.165) is 0 Å². The molecule has 0 aliphatic rings. The fourth-order valence-corrected chi connectivity index (χ4v) is 0. The zero-order valence-corrected chi connectivity index (χ0v) is 5.03. The number of aliphatic hydroxyl groups is 1. The molecule has 36 valence electrons. The number of hydrogen-bond donors (Lipinski definition) is 1. The van der Waals surface area contributed by atoms with Gasteiger partial charge in [0.05, 0.1) is 0 Å². The summed E-state index contributed by atoms with van der Waals surface area (Å²) in [6.45, 7) is 3.04. The van der Waals surface area contributed by atoms with Crippen molar-refractivity contribution in [2.24, 2.45) is 0 Å². The summed E-state index contributed by atoms with van der Waals surface area (Å²) >= 11 is 0. The first-order valence-electron chi connectivity index (χ1n) is 0.816. The number of hydrogen-bond acceptors (Lipinski definition) is 1. The first kappa shape index (κ1) is 17.5. The van der Waals surface area contributed by atoms with Crippen molar-refractivity contribution in [1.82, 2.24) is 0 Å². The quantitative estimate of drug-likeness (QED) is 0.631. The van der Waals surface area contributed by atoms with Crippen molar-refractivity contribution >= 4 is 0 Å². The third-order valence-electron chi connectivity index (χ3n) is 0. The van der Waals surface area contributed by atoms with Gasteiger partial charge in [-0.2, -0.15) is 0 Å². The van der Waals surface area contributed by atoms with Crippen molar-refractivity contribution in [2.75, 3.05) is 6.61 Å². The van der Waals surface area contributed by atoms with Gasteiger partial charge in [-0.1, -0.05) is 6.61 Å². The van der Waals surface area contributed by atoms with Crippen molar-refractivity contribution in [3.63, 3.8) is 0 Å². The summed E-state index contributed by atoms with van der Waals surface area (Å²) in [6, 6.07) is 0. The molecule has 0 bridgehead atoms. The van der Waals surface area contributed by atoms with Crippen molar-refractivity contribution < 1.29 is 26.2 Å². The molecule has 0 radical (unpaired) electrons. The normalized spacial score (nSPS) is 3.60. The van der Waals surface area contributed by atoms with Crippen LogP contribution in [0.5, 0.6) is 0 Å². The van der Waals surface area contributed by atoms with E-state index in [1.807, 2.05) is 0 Å². The van der Waals surface area contributed by atoms with Crippen molar-refractivity contribution in [3.8, 4) is 0 Å². The molecule has 0 aromatic rings. The van der Waals surface area contributed by atoms with Crippen LogP contribution in [-0.2, 0) is 21.1 Å². The van der Waals surface area contributed by atoms with E-state index in [4.69, 9.17) is 5.11 Å². The molecule has 0 saturated carbocycles. The molecule has 0 aromatic carbocycles. The Labute approximate surface area is 46.4 Å². The van der Waals surface area contributed by atoms with Crippen LogP contribution in [0.25, 0.3) is 6.15 Å². The number of nitrogens with two attached hydrogens (primary N) is 1. The molecule has 0 aliphatic carbocycles. The summed E-state index contributed by atoms with van der Waals surface area (Å²) in [5, 5.41) is 7.46. The van der Waals surface area contributed by atoms with Gasteiger partial charge in [0.15, 0.2) is 0 Å². The Hall–Kier alpha value is 0.608. The SMILES string of the molecule is [CH2-]CO.[NH2-].[Pt+2]. The van der Waals surface area contributed by atoms with Crippen LogP contribution in [0.1, 0.15) is 0 Å². The molecular weight excluding hydrogens is 249 g/mol. The molecule has 3 heteroatoms. The van der Waals surface area contributed by atoms with E-state index in [9.17, 15) is 0 Å². The van der Waals surface area contributed by atoms with Crippen LogP contribution in [-0.4, -0.2) is 11.7 Å². The van der Waals surface area contributed by atoms with E-state index in [-0.39, 0.29) is 33.8 Å². The summed E-state index contributed by atoms with van der Waals surface area (Å²) < 4.78 is 0. The van der Waals surface area contributed by atoms with Gasteiger partial charge < -0.3 is 18.2 Å². The van der Waals surface area contributed by atoms with E-state index in [2.05, 4.69) is 6.92 Å². The maximum absolute atomic E-state index is 7.46. The second-order valence-corrected chi connectivity index (χ2v) is 0.224. The molecular formula is C2H7NOPt. The summed E-state index contributed by atoms with van der Waals surface area (Å²) in [5.74, 6) is 0. The summed E-state index contributed by atoms with van der Waals surface area (Å²) in [6.07, 6.45) is 0. The minimum absolute atomic E-state index is 0. The molecule has 3 N–H and O–H groups in total. The molecule has 5 heavy (non-hydrogen) atoms. The molecule has 0 saturated heterocycles. The van der Waals surface area contributed by atoms with E-state index >= 15 is 0 Å². The van der Waals surface area contributed by atoms with Gasteiger partial charge in [0.25, 0.3) is 0 Å². The molecule has 0 amide bonds. The summed E-state index contributed by atoms with van der Waals surface area (Å²) in [7, 11) is 0. The molecule has 0 rings (SSSR count). The first-order chi connectivity index (χ1) is 1.41. The fourth-order valence-electron chi connectivity index (χ4n) is 0. The van der Waals surface area contributed by atoms with Crippen LogP contribution in [0.4, 0.5) is 0 Å². The van der Waals surface area contributed by atoms with Crippen molar-refractivity contribution in [3.05, 3.63) is 13.1 Å². The van der Waals surface area contributed by atoms with Crippen LogP contribution in [0, 0.1) is 6.92 Å². The monoisotopic (exact) mass is 256 g/mol. The van der Waals surface area contributed by atoms with E-state index in [1.54, 1.807) is 0 Å². The average Bonchev–Trinajstić information content (AvgIpc) is 0.918. The smallest absolute Gasteiger partial charge is 0.693 e. The largest absolute Gasteiger partial charge is 2.00 e. The van der Waals surface area contributed by atoms with Crippen LogP contribution in [0.3, 0.4) is 0 Å². The zero-order chi connectivity index (χ0) is 2.71. The zero-order valence-electron chi connectivity index (χ0n) is 2.76. The Kier molecular flexibility index (Phi) is 81.2. The first-order valence-corrected chi connectivity index (χ1v) is 0.816. The Bertz CT molecular complexity index is 9.61. The van der Waals surface area contributed by atoms with Crippen LogP contribution in [0.2, 0.25) is 0 Å². The third kappa shape index (κ3) is 84.7. The molecule has 0 aromatic heterocycles. The fraction of sp³-hybridized carbons (Fsp3) is 0.500. The summed E-state index contributed by atoms with van der Waals surface area (Å²) in [5.41, 5.74) is 0. The van der Waals surface area contributed by atoms with Crippen molar-refractivity contribution in [1.29, 1.82) is 0 Å². The predicted molar refractivity (Wildman–Crippen MR) is 17.7 cm³/mol. The van der Waals surface area contributed by atoms with Gasteiger partial charge in [0.2, 0.25) is 0 Å². The van der Waals surface area contributed by atoms with E-state index in [1.165, 1.54) is 0 Å². The maximum atomic E-state index is 7.46. The molecule has 0 atom stereocenters. The number of aliphatic hydroxyl groups excluding tert-OH is 1. The van der Waals surface area contributed by atoms with Gasteiger partial charge in [-0.25, -0.2) is 0 Å². The van der Waals surface area contributed by atoms with Crippen LogP contribution >= 0.6 is 0 Å². The maximum Gasteiger partial charge on any atom is 2.00 e. The Morgan fingerprint density at radius 2 is 1.60 bits per heavy atom. The van der Waals surface area contributed by atoms with Gasteiger partial charge in [-0.15, -0.1) is 0 Å². The van der Waals surface area contributed by atoms with Gasteiger partial charge in [-0.3, -0.25) is 0 Å². The molecule has 2 nitrogen and oxygen atoms in total. The van der Waals surface area contributed by atoms with Crippen LogP contribution in [0.15, 0.2) is 0 Å². The van der Waals surface area contributed by atoms with Gasteiger partial charge in [0, 0.05) is 0 Å². The summed E-state index contributed by atoms with van der Waals surface area (Å²) in [4.78, 5) is 0. The molecule has 0 unspecified atom stereocenters. The Balaban J connectivity index is -0.0000000200. The van der Waals surface area contributed by atoms with Gasteiger partial charge in [-0.05, 0) is 0 Å². The molecule has 0 spiro atoms. The molecule has 0 fully saturated rings. The average molecular weight is 256 g/mol. The minimum atomic E-state index is 0. The Morgan fingerprint density at radius 1 is 1.60 bits per heavy atom. The number of rotatable bonds is 0. The second kappa shape index (κ2) is 23.2.